The number of fused-ring (bicyclic) bond motifs is 1. The van der Waals surface area contributed by atoms with E-state index in [1.165, 1.54) is 16.7 Å². The normalized spacial score (nSPS) is 11.5. The van der Waals surface area contributed by atoms with Crippen molar-refractivity contribution >= 4 is 28.6 Å². The first kappa shape index (κ1) is 24.8. The van der Waals surface area contributed by atoms with E-state index in [0.717, 1.165) is 17.7 Å². The van der Waals surface area contributed by atoms with Crippen LogP contribution >= 0.6 is 0 Å². The van der Waals surface area contributed by atoms with Gasteiger partial charge in [-0.2, -0.15) is 23.1 Å². The molecule has 8 nitrogen and oxygen atoms in total. The lowest BCUT2D eigenvalue weighted by Crippen LogP contribution is -2.26. The summed E-state index contributed by atoms with van der Waals surface area (Å²) in [5.41, 5.74) is 0.818. The van der Waals surface area contributed by atoms with Gasteiger partial charge in [0.05, 0.1) is 16.6 Å². The third kappa shape index (κ3) is 4.90. The average molecular weight is 496 g/mol. The third-order valence-electron chi connectivity index (χ3n) is 5.57. The number of aromatic nitrogens is 4. The highest BCUT2D eigenvalue weighted by molar-refractivity contribution is 6.04. The van der Waals surface area contributed by atoms with Crippen LogP contribution < -0.4 is 16.3 Å². The number of halogens is 3. The maximum Gasteiger partial charge on any atom is 0.416 e. The van der Waals surface area contributed by atoms with E-state index in [0.29, 0.717) is 41.4 Å². The van der Waals surface area contributed by atoms with Crippen LogP contribution in [0, 0.1) is 6.92 Å². The summed E-state index contributed by atoms with van der Waals surface area (Å²) >= 11 is 0. The van der Waals surface area contributed by atoms with Crippen LogP contribution in [0.2, 0.25) is 0 Å². The molecule has 11 heteroatoms. The van der Waals surface area contributed by atoms with Crippen molar-refractivity contribution in [3.05, 3.63) is 81.5 Å². The van der Waals surface area contributed by atoms with Crippen LogP contribution in [0.5, 0.6) is 0 Å². The number of hydrogen-bond donors (Lipinski definition) is 2. The lowest BCUT2D eigenvalue weighted by Gasteiger charge is -2.17. The largest absolute Gasteiger partial charge is 0.416 e. The van der Waals surface area contributed by atoms with Crippen molar-refractivity contribution in [3.63, 3.8) is 0 Å². The van der Waals surface area contributed by atoms with Crippen LogP contribution in [0.1, 0.15) is 41.0 Å². The molecular weight excluding hydrogens is 473 g/mol. The summed E-state index contributed by atoms with van der Waals surface area (Å²) in [7, 11) is 0. The summed E-state index contributed by atoms with van der Waals surface area (Å²) in [4.78, 5) is 38.5. The fourth-order valence-electron chi connectivity index (χ4n) is 3.85. The summed E-state index contributed by atoms with van der Waals surface area (Å²) in [6.07, 6.45) is -2.49. The van der Waals surface area contributed by atoms with Gasteiger partial charge in [0.15, 0.2) is 5.65 Å². The van der Waals surface area contributed by atoms with Gasteiger partial charge < -0.3 is 10.6 Å². The first-order chi connectivity index (χ1) is 17.1. The Labute approximate surface area is 204 Å². The highest BCUT2D eigenvalue weighted by Crippen LogP contribution is 2.30. The van der Waals surface area contributed by atoms with Gasteiger partial charge >= 0.3 is 11.9 Å². The lowest BCUT2D eigenvalue weighted by atomic mass is 10.1. The predicted molar refractivity (Wildman–Crippen MR) is 131 cm³/mol. The maximum atomic E-state index is 13.1. The van der Waals surface area contributed by atoms with Gasteiger partial charge in [0.1, 0.15) is 0 Å². The second-order valence-electron chi connectivity index (χ2n) is 8.03. The van der Waals surface area contributed by atoms with Crippen molar-refractivity contribution in [2.45, 2.75) is 33.4 Å². The molecule has 0 radical (unpaired) electrons. The highest BCUT2D eigenvalue weighted by atomic mass is 19.4. The zero-order valence-corrected chi connectivity index (χ0v) is 19.8. The molecule has 0 bridgehead atoms. The Balaban J connectivity index is 1.75. The number of anilines is 2. The van der Waals surface area contributed by atoms with Gasteiger partial charge in [0.25, 0.3) is 5.91 Å². The predicted octanol–water partition coefficient (Wildman–Crippen LogP) is 4.75. The van der Waals surface area contributed by atoms with E-state index in [1.54, 1.807) is 31.3 Å². The van der Waals surface area contributed by atoms with Crippen molar-refractivity contribution in [3.8, 4) is 5.69 Å². The van der Waals surface area contributed by atoms with Crippen LogP contribution in [0.3, 0.4) is 0 Å². The van der Waals surface area contributed by atoms with E-state index in [-0.39, 0.29) is 11.2 Å². The molecule has 0 saturated carbocycles. The van der Waals surface area contributed by atoms with Crippen LogP contribution in [0.15, 0.2) is 53.5 Å². The Morgan fingerprint density at radius 3 is 2.56 bits per heavy atom. The van der Waals surface area contributed by atoms with Gasteiger partial charge in [0.2, 0.25) is 5.95 Å². The third-order valence-corrected chi connectivity index (χ3v) is 5.57. The molecule has 0 unspecified atom stereocenters. The van der Waals surface area contributed by atoms with Crippen molar-refractivity contribution in [1.29, 1.82) is 0 Å². The van der Waals surface area contributed by atoms with Crippen molar-refractivity contribution in [1.82, 2.24) is 19.5 Å². The zero-order valence-electron chi connectivity index (χ0n) is 19.8. The minimum absolute atomic E-state index is 0.139. The molecule has 0 fully saturated rings. The second-order valence-corrected chi connectivity index (χ2v) is 8.03. The zero-order chi connectivity index (χ0) is 26.0. The van der Waals surface area contributed by atoms with Gasteiger partial charge in [-0.05, 0) is 56.2 Å². The molecule has 0 aliphatic heterocycles. The molecule has 0 saturated heterocycles. The molecule has 0 spiro atoms. The first-order valence-corrected chi connectivity index (χ1v) is 11.2. The van der Waals surface area contributed by atoms with E-state index in [9.17, 15) is 22.8 Å². The molecule has 2 aromatic heterocycles. The molecule has 0 aliphatic rings. The minimum atomic E-state index is -4.56. The molecule has 2 heterocycles. The van der Waals surface area contributed by atoms with Crippen molar-refractivity contribution in [2.75, 3.05) is 17.2 Å². The van der Waals surface area contributed by atoms with Crippen molar-refractivity contribution < 1.29 is 18.0 Å². The molecule has 2 N–H and O–H groups in total. The number of carbonyl (C=O) groups excluding carboxylic acids is 1. The summed E-state index contributed by atoms with van der Waals surface area (Å²) in [5.74, 6) is -0.341. The monoisotopic (exact) mass is 496 g/mol. The number of hydrogen-bond acceptors (Lipinski definition) is 6. The van der Waals surface area contributed by atoms with Crippen LogP contribution in [-0.4, -0.2) is 32.0 Å². The van der Waals surface area contributed by atoms with Crippen LogP contribution in [-0.2, 0) is 12.6 Å². The van der Waals surface area contributed by atoms with Gasteiger partial charge in [-0.15, -0.1) is 0 Å². The lowest BCUT2D eigenvalue weighted by molar-refractivity contribution is -0.137. The maximum absolute atomic E-state index is 13.1. The Morgan fingerprint density at radius 1 is 1.08 bits per heavy atom. The molecule has 0 aliphatic carbocycles. The van der Waals surface area contributed by atoms with E-state index < -0.39 is 23.3 Å². The number of rotatable bonds is 6. The van der Waals surface area contributed by atoms with Gasteiger partial charge in [-0.25, -0.2) is 9.78 Å². The number of carbonyl (C=O) groups is 1. The van der Waals surface area contributed by atoms with E-state index in [4.69, 9.17) is 0 Å². The molecule has 186 valence electrons. The summed E-state index contributed by atoms with van der Waals surface area (Å²) in [6.45, 7) is 6.20. The summed E-state index contributed by atoms with van der Waals surface area (Å²) in [6, 6.07) is 9.07. The number of benzene rings is 2. The molecule has 0 atom stereocenters. The number of nitrogens with one attached hydrogen (secondary N) is 2. The van der Waals surface area contributed by atoms with Crippen molar-refractivity contribution in [2.24, 2.45) is 0 Å². The molecule has 4 rings (SSSR count). The second kappa shape index (κ2) is 9.76. The summed E-state index contributed by atoms with van der Waals surface area (Å²) in [5, 5.41) is 6.21. The van der Waals surface area contributed by atoms with E-state index in [1.807, 2.05) is 13.8 Å². The SMILES string of the molecule is CCNc1ncc2c(CC)n(-c3cc(NC(=O)c4cccc(C(F)(F)F)c4)ccc3C)c(=O)nc2n1. The molecule has 36 heavy (non-hydrogen) atoms. The standard InChI is InChI=1S/C25H23F3N6O2/c1-4-19-18-13-30-23(29-5-2)32-21(18)33-24(36)34(19)20-12-17(10-9-14(20)3)31-22(35)15-7-6-8-16(11-15)25(26,27)28/h6-13H,4-5H2,1-3H3,(H,31,35)(H,29,32,33,36). The Hall–Kier alpha value is -4.28. The number of nitrogens with zero attached hydrogens (tertiary/aromatic N) is 4. The number of aryl methyl sites for hydroxylation is 2. The smallest absolute Gasteiger partial charge is 0.354 e. The molecule has 1 amide bonds. The van der Waals surface area contributed by atoms with Gasteiger partial charge in [-0.1, -0.05) is 19.1 Å². The Morgan fingerprint density at radius 2 is 1.86 bits per heavy atom. The Bertz CT molecular complexity index is 1510. The van der Waals surface area contributed by atoms with E-state index in [2.05, 4.69) is 25.6 Å². The van der Waals surface area contributed by atoms with Gasteiger partial charge in [-0.3, -0.25) is 9.36 Å². The first-order valence-electron chi connectivity index (χ1n) is 11.2. The average Bonchev–Trinajstić information content (AvgIpc) is 2.84. The fraction of sp³-hybridized carbons (Fsp3) is 0.240. The molecule has 2 aromatic carbocycles. The van der Waals surface area contributed by atoms with E-state index >= 15 is 0 Å². The minimum Gasteiger partial charge on any atom is -0.354 e. The van der Waals surface area contributed by atoms with Crippen LogP contribution in [0.25, 0.3) is 16.7 Å². The number of amides is 1. The summed E-state index contributed by atoms with van der Waals surface area (Å²) < 4.78 is 40.6. The Kier molecular flexibility index (Phi) is 6.73. The molecule has 4 aromatic rings. The highest BCUT2D eigenvalue weighted by Gasteiger charge is 2.31. The fourth-order valence-corrected chi connectivity index (χ4v) is 3.85. The van der Waals surface area contributed by atoms with Crippen LogP contribution in [0.4, 0.5) is 24.8 Å². The molecular formula is C25H23F3N6O2. The quantitative estimate of drug-likeness (QED) is 0.400. The number of alkyl halides is 3. The topological polar surface area (TPSA) is 102 Å². The van der Waals surface area contributed by atoms with Gasteiger partial charge in [0, 0.05) is 29.7 Å².